The number of benzene rings is 2. The third-order valence-electron chi connectivity index (χ3n) is 3.92. The predicted octanol–water partition coefficient (Wildman–Crippen LogP) is 3.49. The Morgan fingerprint density at radius 1 is 1.07 bits per heavy atom. The Kier molecular flexibility index (Phi) is 7.89. The number of nitrogens with one attached hydrogen (secondary N) is 1. The number of carbonyl (C=O) groups excluding carboxylic acids is 1. The van der Waals surface area contributed by atoms with Gasteiger partial charge in [-0.15, -0.1) is 0 Å². The highest BCUT2D eigenvalue weighted by Crippen LogP contribution is 2.28. The van der Waals surface area contributed by atoms with Gasteiger partial charge in [-0.05, 0) is 49.8 Å². The van der Waals surface area contributed by atoms with Gasteiger partial charge in [-0.3, -0.25) is 4.79 Å². The van der Waals surface area contributed by atoms with Crippen LogP contribution >= 0.6 is 0 Å². The van der Waals surface area contributed by atoms with Crippen molar-refractivity contribution < 1.29 is 14.3 Å². The summed E-state index contributed by atoms with van der Waals surface area (Å²) in [5, 5.41) is 2.87. The van der Waals surface area contributed by atoms with Crippen LogP contribution in [0, 0.1) is 0 Å². The summed E-state index contributed by atoms with van der Waals surface area (Å²) < 4.78 is 10.9. The first-order valence-electron chi connectivity index (χ1n) is 8.94. The maximum absolute atomic E-state index is 12.1. The lowest BCUT2D eigenvalue weighted by Crippen LogP contribution is -2.28. The van der Waals surface area contributed by atoms with Gasteiger partial charge in [0, 0.05) is 13.1 Å². The van der Waals surface area contributed by atoms with E-state index in [0.717, 1.165) is 17.7 Å². The van der Waals surface area contributed by atoms with E-state index in [1.54, 1.807) is 7.11 Å². The van der Waals surface area contributed by atoms with Crippen LogP contribution in [0.3, 0.4) is 0 Å². The second-order valence-electron chi connectivity index (χ2n) is 6.53. The molecular formula is C22H28N2O3. The van der Waals surface area contributed by atoms with Gasteiger partial charge in [-0.2, -0.15) is 0 Å². The molecule has 0 aliphatic rings. The maximum Gasteiger partial charge on any atom is 0.258 e. The van der Waals surface area contributed by atoms with E-state index in [4.69, 9.17) is 9.47 Å². The van der Waals surface area contributed by atoms with Crippen molar-refractivity contribution in [2.45, 2.75) is 20.0 Å². The van der Waals surface area contributed by atoms with Gasteiger partial charge in [0.1, 0.15) is 0 Å². The Morgan fingerprint density at radius 3 is 2.41 bits per heavy atom. The number of methoxy groups -OCH3 is 1. The van der Waals surface area contributed by atoms with Crippen LogP contribution in [-0.4, -0.2) is 38.6 Å². The quantitative estimate of drug-likeness (QED) is 0.736. The molecule has 0 unspecified atom stereocenters. The zero-order valence-electron chi connectivity index (χ0n) is 16.5. The topological polar surface area (TPSA) is 50.8 Å². The van der Waals surface area contributed by atoms with Crippen molar-refractivity contribution in [3.05, 3.63) is 65.2 Å². The average Bonchev–Trinajstić information content (AvgIpc) is 2.66. The molecule has 5 heteroatoms. The van der Waals surface area contributed by atoms with E-state index in [1.807, 2.05) is 63.5 Å². The lowest BCUT2D eigenvalue weighted by atomic mass is 10.1. The van der Waals surface area contributed by atoms with E-state index in [9.17, 15) is 4.79 Å². The fraction of sp³-hybridized carbons (Fsp3) is 0.318. The molecule has 0 aromatic heterocycles. The molecule has 5 nitrogen and oxygen atoms in total. The Labute approximate surface area is 161 Å². The largest absolute Gasteiger partial charge is 0.493 e. The number of carbonyl (C=O) groups is 1. The molecule has 1 amide bonds. The Morgan fingerprint density at radius 2 is 1.78 bits per heavy atom. The second kappa shape index (κ2) is 10.4. The van der Waals surface area contributed by atoms with Crippen LogP contribution in [0.4, 0.5) is 0 Å². The van der Waals surface area contributed by atoms with E-state index in [0.29, 0.717) is 18.0 Å². The van der Waals surface area contributed by atoms with E-state index < -0.39 is 0 Å². The van der Waals surface area contributed by atoms with Gasteiger partial charge in [0.2, 0.25) is 0 Å². The fourth-order valence-corrected chi connectivity index (χ4v) is 2.62. The zero-order chi connectivity index (χ0) is 19.6. The van der Waals surface area contributed by atoms with Gasteiger partial charge < -0.3 is 19.7 Å². The third kappa shape index (κ3) is 6.79. The first kappa shape index (κ1) is 20.5. The molecule has 0 saturated carbocycles. The number of rotatable bonds is 9. The number of hydrogen-bond acceptors (Lipinski definition) is 4. The first-order chi connectivity index (χ1) is 13.0. The van der Waals surface area contributed by atoms with Crippen molar-refractivity contribution in [1.29, 1.82) is 0 Å². The molecule has 2 aromatic rings. The van der Waals surface area contributed by atoms with Gasteiger partial charge in [-0.25, -0.2) is 0 Å². The van der Waals surface area contributed by atoms with Crippen molar-refractivity contribution in [3.63, 3.8) is 0 Å². The summed E-state index contributed by atoms with van der Waals surface area (Å²) in [5.41, 5.74) is 3.31. The molecule has 1 N–H and O–H groups in total. The zero-order valence-corrected chi connectivity index (χ0v) is 16.5. The SMILES string of the molecule is C/C=C/c1ccc(OCC(=O)NCc2ccc(CN(C)C)cc2)c(OC)c1. The minimum absolute atomic E-state index is 0.0575. The van der Waals surface area contributed by atoms with Crippen LogP contribution in [0.1, 0.15) is 23.6 Å². The fourth-order valence-electron chi connectivity index (χ4n) is 2.62. The van der Waals surface area contributed by atoms with Crippen LogP contribution in [-0.2, 0) is 17.9 Å². The highest BCUT2D eigenvalue weighted by atomic mass is 16.5. The molecule has 0 heterocycles. The van der Waals surface area contributed by atoms with Gasteiger partial charge in [-0.1, -0.05) is 42.5 Å². The number of allylic oxidation sites excluding steroid dienone is 1. The average molecular weight is 368 g/mol. The lowest BCUT2D eigenvalue weighted by Gasteiger charge is -2.12. The van der Waals surface area contributed by atoms with Gasteiger partial charge in [0.15, 0.2) is 18.1 Å². The minimum atomic E-state index is -0.174. The molecule has 0 fully saturated rings. The molecule has 27 heavy (non-hydrogen) atoms. The minimum Gasteiger partial charge on any atom is -0.493 e. The first-order valence-corrected chi connectivity index (χ1v) is 8.94. The highest BCUT2D eigenvalue weighted by Gasteiger charge is 2.08. The molecule has 0 bridgehead atoms. The summed E-state index contributed by atoms with van der Waals surface area (Å²) >= 11 is 0. The Hall–Kier alpha value is -2.79. The highest BCUT2D eigenvalue weighted by molar-refractivity contribution is 5.77. The smallest absolute Gasteiger partial charge is 0.258 e. The second-order valence-corrected chi connectivity index (χ2v) is 6.53. The number of hydrogen-bond donors (Lipinski definition) is 1. The van der Waals surface area contributed by atoms with Crippen LogP contribution in [0.5, 0.6) is 11.5 Å². The van der Waals surface area contributed by atoms with E-state index in [1.165, 1.54) is 5.56 Å². The van der Waals surface area contributed by atoms with E-state index >= 15 is 0 Å². The van der Waals surface area contributed by atoms with E-state index in [2.05, 4.69) is 22.3 Å². The van der Waals surface area contributed by atoms with Gasteiger partial charge in [0.25, 0.3) is 5.91 Å². The number of ether oxygens (including phenoxy) is 2. The molecule has 2 rings (SSSR count). The van der Waals surface area contributed by atoms with Crippen LogP contribution in [0.15, 0.2) is 48.5 Å². The maximum atomic E-state index is 12.1. The number of nitrogens with zero attached hydrogens (tertiary/aromatic N) is 1. The summed E-state index contributed by atoms with van der Waals surface area (Å²) in [7, 11) is 5.66. The summed E-state index contributed by atoms with van der Waals surface area (Å²) in [6.45, 7) is 3.27. The Balaban J connectivity index is 1.84. The number of amides is 1. The van der Waals surface area contributed by atoms with Crippen LogP contribution < -0.4 is 14.8 Å². The summed E-state index contributed by atoms with van der Waals surface area (Å²) in [4.78, 5) is 14.2. The monoisotopic (exact) mass is 368 g/mol. The van der Waals surface area contributed by atoms with Crippen molar-refractivity contribution in [2.75, 3.05) is 27.8 Å². The summed E-state index contributed by atoms with van der Waals surface area (Å²) in [6.07, 6.45) is 3.93. The molecule has 0 saturated heterocycles. The van der Waals surface area contributed by atoms with Gasteiger partial charge >= 0.3 is 0 Å². The molecule has 0 aliphatic carbocycles. The molecule has 0 spiro atoms. The van der Waals surface area contributed by atoms with Crippen molar-refractivity contribution >= 4 is 12.0 Å². The van der Waals surface area contributed by atoms with Gasteiger partial charge in [0.05, 0.1) is 7.11 Å². The molecular weight excluding hydrogens is 340 g/mol. The van der Waals surface area contributed by atoms with Crippen molar-refractivity contribution in [3.8, 4) is 11.5 Å². The molecule has 0 aliphatic heterocycles. The van der Waals surface area contributed by atoms with Crippen molar-refractivity contribution in [2.24, 2.45) is 0 Å². The third-order valence-corrected chi connectivity index (χ3v) is 3.92. The molecule has 144 valence electrons. The predicted molar refractivity (Wildman–Crippen MR) is 109 cm³/mol. The molecule has 2 aromatic carbocycles. The van der Waals surface area contributed by atoms with Crippen LogP contribution in [0.2, 0.25) is 0 Å². The van der Waals surface area contributed by atoms with E-state index in [-0.39, 0.29) is 12.5 Å². The van der Waals surface area contributed by atoms with Crippen LogP contribution in [0.25, 0.3) is 6.08 Å². The molecule has 0 radical (unpaired) electrons. The van der Waals surface area contributed by atoms with Crippen molar-refractivity contribution in [1.82, 2.24) is 10.2 Å². The summed E-state index contributed by atoms with van der Waals surface area (Å²) in [5.74, 6) is 0.982. The lowest BCUT2D eigenvalue weighted by molar-refractivity contribution is -0.123. The summed E-state index contributed by atoms with van der Waals surface area (Å²) in [6, 6.07) is 13.8. The standard InChI is InChI=1S/C22H28N2O3/c1-5-6-17-11-12-20(21(13-17)26-4)27-16-22(25)23-14-18-7-9-19(10-8-18)15-24(2)3/h5-13H,14-16H2,1-4H3,(H,23,25)/b6-5+. The molecule has 0 atom stereocenters. The normalized spacial score (nSPS) is 11.0. The Bertz CT molecular complexity index is 768.